The summed E-state index contributed by atoms with van der Waals surface area (Å²) in [5.41, 5.74) is 4.28. The minimum atomic E-state index is 0.773. The molecule has 0 aliphatic heterocycles. The SMILES string of the molecule is CCn1c(C)cc(CNC2CC2C)c1C. The zero-order chi connectivity index (χ0) is 11.0. The van der Waals surface area contributed by atoms with E-state index in [1.807, 2.05) is 0 Å². The quantitative estimate of drug-likeness (QED) is 0.801. The highest BCUT2D eigenvalue weighted by Crippen LogP contribution is 2.29. The number of hydrogen-bond acceptors (Lipinski definition) is 1. The van der Waals surface area contributed by atoms with Gasteiger partial charge < -0.3 is 9.88 Å². The van der Waals surface area contributed by atoms with Gasteiger partial charge in [-0.2, -0.15) is 0 Å². The van der Waals surface area contributed by atoms with Gasteiger partial charge in [0.05, 0.1) is 0 Å². The van der Waals surface area contributed by atoms with E-state index in [2.05, 4.69) is 43.6 Å². The minimum absolute atomic E-state index is 0.773. The van der Waals surface area contributed by atoms with Crippen LogP contribution in [0.3, 0.4) is 0 Å². The molecule has 15 heavy (non-hydrogen) atoms. The van der Waals surface area contributed by atoms with Crippen LogP contribution in [0.25, 0.3) is 0 Å². The van der Waals surface area contributed by atoms with E-state index in [9.17, 15) is 0 Å². The van der Waals surface area contributed by atoms with Gasteiger partial charge in [0.1, 0.15) is 0 Å². The fourth-order valence-electron chi connectivity index (χ4n) is 2.39. The minimum Gasteiger partial charge on any atom is -0.349 e. The van der Waals surface area contributed by atoms with Crippen molar-refractivity contribution in [2.24, 2.45) is 5.92 Å². The van der Waals surface area contributed by atoms with Crippen molar-refractivity contribution in [2.75, 3.05) is 0 Å². The third-order valence-electron chi connectivity index (χ3n) is 3.66. The molecule has 1 aliphatic carbocycles. The fourth-order valence-corrected chi connectivity index (χ4v) is 2.39. The van der Waals surface area contributed by atoms with E-state index < -0.39 is 0 Å². The summed E-state index contributed by atoms with van der Waals surface area (Å²) in [4.78, 5) is 0. The molecule has 1 saturated carbocycles. The maximum Gasteiger partial charge on any atom is 0.0226 e. The summed E-state index contributed by atoms with van der Waals surface area (Å²) in [6.45, 7) is 11.1. The van der Waals surface area contributed by atoms with E-state index in [-0.39, 0.29) is 0 Å². The second-order valence-electron chi connectivity index (χ2n) is 4.84. The van der Waals surface area contributed by atoms with Crippen LogP contribution in [0.5, 0.6) is 0 Å². The normalized spacial score (nSPS) is 24.5. The van der Waals surface area contributed by atoms with Crippen LogP contribution in [-0.2, 0) is 13.1 Å². The molecule has 2 heteroatoms. The molecule has 0 aromatic carbocycles. The highest BCUT2D eigenvalue weighted by Gasteiger charge is 2.31. The number of nitrogens with one attached hydrogen (secondary N) is 1. The first-order valence-electron chi connectivity index (χ1n) is 6.02. The van der Waals surface area contributed by atoms with Crippen molar-refractivity contribution in [3.8, 4) is 0 Å². The second kappa shape index (κ2) is 4.01. The van der Waals surface area contributed by atoms with Gasteiger partial charge in [0.2, 0.25) is 0 Å². The van der Waals surface area contributed by atoms with Crippen molar-refractivity contribution >= 4 is 0 Å². The lowest BCUT2D eigenvalue weighted by Gasteiger charge is -2.06. The van der Waals surface area contributed by atoms with Crippen LogP contribution >= 0.6 is 0 Å². The molecule has 2 atom stereocenters. The molecular formula is C13H22N2. The number of nitrogens with zero attached hydrogens (tertiary/aromatic N) is 1. The standard InChI is InChI=1S/C13H22N2/c1-5-15-10(3)7-12(11(15)4)8-14-13-6-9(13)2/h7,9,13-14H,5-6,8H2,1-4H3. The van der Waals surface area contributed by atoms with Gasteiger partial charge in [-0.05, 0) is 44.7 Å². The lowest BCUT2D eigenvalue weighted by molar-refractivity contribution is 0.644. The van der Waals surface area contributed by atoms with Crippen molar-refractivity contribution in [1.29, 1.82) is 0 Å². The predicted molar refractivity (Wildman–Crippen MR) is 64.0 cm³/mol. The lowest BCUT2D eigenvalue weighted by Crippen LogP contribution is -2.17. The first-order chi connectivity index (χ1) is 7.13. The van der Waals surface area contributed by atoms with Gasteiger partial charge in [0, 0.05) is 30.5 Å². The zero-order valence-electron chi connectivity index (χ0n) is 10.3. The van der Waals surface area contributed by atoms with Gasteiger partial charge in [0.15, 0.2) is 0 Å². The molecule has 0 radical (unpaired) electrons. The van der Waals surface area contributed by atoms with Crippen LogP contribution in [0.4, 0.5) is 0 Å². The molecule has 2 unspecified atom stereocenters. The number of aryl methyl sites for hydroxylation is 1. The van der Waals surface area contributed by atoms with Gasteiger partial charge in [-0.15, -0.1) is 0 Å². The molecular weight excluding hydrogens is 184 g/mol. The van der Waals surface area contributed by atoms with Crippen molar-refractivity contribution < 1.29 is 0 Å². The van der Waals surface area contributed by atoms with Gasteiger partial charge in [-0.25, -0.2) is 0 Å². The number of aromatic nitrogens is 1. The first-order valence-corrected chi connectivity index (χ1v) is 6.02. The molecule has 84 valence electrons. The van der Waals surface area contributed by atoms with E-state index in [4.69, 9.17) is 0 Å². The van der Waals surface area contributed by atoms with E-state index >= 15 is 0 Å². The Bertz CT molecular complexity index is 352. The molecule has 1 fully saturated rings. The Hall–Kier alpha value is -0.760. The molecule has 0 spiro atoms. The topological polar surface area (TPSA) is 17.0 Å². The van der Waals surface area contributed by atoms with E-state index in [1.165, 1.54) is 23.4 Å². The molecule has 2 rings (SSSR count). The Balaban J connectivity index is 2.01. The summed E-state index contributed by atoms with van der Waals surface area (Å²) in [6.07, 6.45) is 1.35. The highest BCUT2D eigenvalue weighted by molar-refractivity contribution is 5.26. The van der Waals surface area contributed by atoms with Gasteiger partial charge >= 0.3 is 0 Å². The Morgan fingerprint density at radius 1 is 1.47 bits per heavy atom. The molecule has 1 aliphatic rings. The van der Waals surface area contributed by atoms with Crippen LogP contribution < -0.4 is 5.32 Å². The Kier molecular flexibility index (Phi) is 2.87. The maximum atomic E-state index is 3.61. The van der Waals surface area contributed by atoms with Crippen molar-refractivity contribution in [2.45, 2.75) is 53.2 Å². The number of hydrogen-bond donors (Lipinski definition) is 1. The molecule has 0 bridgehead atoms. The summed E-state index contributed by atoms with van der Waals surface area (Å²) in [6, 6.07) is 3.09. The molecule has 2 nitrogen and oxygen atoms in total. The monoisotopic (exact) mass is 206 g/mol. The van der Waals surface area contributed by atoms with E-state index in [0.29, 0.717) is 0 Å². The Morgan fingerprint density at radius 3 is 2.60 bits per heavy atom. The average Bonchev–Trinajstić information content (AvgIpc) is 2.82. The fraction of sp³-hybridized carbons (Fsp3) is 0.692. The third kappa shape index (κ3) is 2.10. The summed E-state index contributed by atoms with van der Waals surface area (Å²) < 4.78 is 2.38. The third-order valence-corrected chi connectivity index (χ3v) is 3.66. The molecule has 0 amide bonds. The average molecular weight is 206 g/mol. The smallest absolute Gasteiger partial charge is 0.0226 e. The lowest BCUT2D eigenvalue weighted by atomic mass is 10.2. The first kappa shape index (κ1) is 10.7. The Labute approximate surface area is 92.7 Å². The Morgan fingerprint density at radius 2 is 2.13 bits per heavy atom. The molecule has 1 N–H and O–H groups in total. The van der Waals surface area contributed by atoms with Crippen molar-refractivity contribution in [1.82, 2.24) is 9.88 Å². The number of rotatable bonds is 4. The van der Waals surface area contributed by atoms with E-state index in [0.717, 1.165) is 25.0 Å². The van der Waals surface area contributed by atoms with Crippen LogP contribution in [-0.4, -0.2) is 10.6 Å². The summed E-state index contributed by atoms with van der Waals surface area (Å²) in [5.74, 6) is 0.889. The summed E-state index contributed by atoms with van der Waals surface area (Å²) in [5, 5.41) is 3.61. The predicted octanol–water partition coefficient (Wildman–Crippen LogP) is 2.62. The molecule has 1 aromatic heterocycles. The second-order valence-corrected chi connectivity index (χ2v) is 4.84. The highest BCUT2D eigenvalue weighted by atomic mass is 15.0. The van der Waals surface area contributed by atoms with Gasteiger partial charge in [-0.3, -0.25) is 0 Å². The molecule has 1 heterocycles. The summed E-state index contributed by atoms with van der Waals surface area (Å²) >= 11 is 0. The molecule has 1 aromatic rings. The molecule has 0 saturated heterocycles. The van der Waals surface area contributed by atoms with Crippen LogP contribution in [0.1, 0.15) is 37.2 Å². The summed E-state index contributed by atoms with van der Waals surface area (Å²) in [7, 11) is 0. The van der Waals surface area contributed by atoms with Crippen LogP contribution in [0.2, 0.25) is 0 Å². The van der Waals surface area contributed by atoms with E-state index in [1.54, 1.807) is 0 Å². The largest absolute Gasteiger partial charge is 0.349 e. The van der Waals surface area contributed by atoms with Crippen molar-refractivity contribution in [3.63, 3.8) is 0 Å². The maximum absolute atomic E-state index is 3.61. The van der Waals surface area contributed by atoms with Gasteiger partial charge in [0.25, 0.3) is 0 Å². The van der Waals surface area contributed by atoms with Crippen molar-refractivity contribution in [3.05, 3.63) is 23.0 Å². The van der Waals surface area contributed by atoms with Gasteiger partial charge in [-0.1, -0.05) is 6.92 Å². The zero-order valence-corrected chi connectivity index (χ0v) is 10.3. The van der Waals surface area contributed by atoms with Crippen LogP contribution in [0.15, 0.2) is 6.07 Å². The van der Waals surface area contributed by atoms with Crippen LogP contribution in [0, 0.1) is 19.8 Å².